The van der Waals surface area contributed by atoms with Crippen molar-refractivity contribution in [2.24, 2.45) is 17.8 Å². The van der Waals surface area contributed by atoms with Gasteiger partial charge in [-0.1, -0.05) is 76.2 Å². The van der Waals surface area contributed by atoms with Gasteiger partial charge in [-0.2, -0.15) is 0 Å². The zero-order chi connectivity index (χ0) is 20.5. The van der Waals surface area contributed by atoms with Gasteiger partial charge in [0.2, 0.25) is 0 Å². The molecule has 162 valence electrons. The lowest BCUT2D eigenvalue weighted by Crippen LogP contribution is -2.23. The number of rotatable bonds is 10. The zero-order valence-corrected chi connectivity index (χ0v) is 19.0. The SMILES string of the molecule is CCCCCCc1ccc(CCC2=CCC(C3CCC(CC)CC3)CC2)cc1F. The van der Waals surface area contributed by atoms with Gasteiger partial charge >= 0.3 is 0 Å². The molecule has 1 heteroatoms. The molecule has 1 aromatic carbocycles. The minimum absolute atomic E-state index is 0.0133. The first kappa shape index (κ1) is 22.6. The Morgan fingerprint density at radius 3 is 2.34 bits per heavy atom. The topological polar surface area (TPSA) is 0 Å². The normalized spacial score (nSPS) is 25.1. The van der Waals surface area contributed by atoms with Crippen LogP contribution in [0.1, 0.15) is 108 Å². The van der Waals surface area contributed by atoms with Crippen LogP contribution >= 0.6 is 0 Å². The third-order valence-electron chi connectivity index (χ3n) is 7.83. The summed E-state index contributed by atoms with van der Waals surface area (Å²) in [6, 6.07) is 6.00. The average Bonchev–Trinajstić information content (AvgIpc) is 2.77. The van der Waals surface area contributed by atoms with Gasteiger partial charge in [0.15, 0.2) is 0 Å². The average molecular weight is 399 g/mol. The molecule has 0 nitrogen and oxygen atoms in total. The van der Waals surface area contributed by atoms with Gasteiger partial charge in [0, 0.05) is 0 Å². The molecule has 2 aliphatic carbocycles. The van der Waals surface area contributed by atoms with E-state index in [1.54, 1.807) is 11.6 Å². The quantitative estimate of drug-likeness (QED) is 0.273. The van der Waals surface area contributed by atoms with Gasteiger partial charge in [-0.05, 0) is 92.7 Å². The van der Waals surface area contributed by atoms with Gasteiger partial charge in [-0.15, -0.1) is 0 Å². The maximum absolute atomic E-state index is 14.4. The summed E-state index contributed by atoms with van der Waals surface area (Å²) in [5.74, 6) is 2.93. The molecule has 1 fully saturated rings. The summed E-state index contributed by atoms with van der Waals surface area (Å²) in [4.78, 5) is 0. The highest BCUT2D eigenvalue weighted by Gasteiger charge is 2.27. The van der Waals surface area contributed by atoms with E-state index < -0.39 is 0 Å². The van der Waals surface area contributed by atoms with Crippen LogP contribution in [0, 0.1) is 23.6 Å². The first-order chi connectivity index (χ1) is 14.2. The van der Waals surface area contributed by atoms with Crippen LogP contribution in [0.25, 0.3) is 0 Å². The van der Waals surface area contributed by atoms with Crippen molar-refractivity contribution < 1.29 is 4.39 Å². The maximum atomic E-state index is 14.4. The summed E-state index contributed by atoms with van der Waals surface area (Å²) in [5.41, 5.74) is 3.69. The van der Waals surface area contributed by atoms with Gasteiger partial charge in [-0.3, -0.25) is 0 Å². The second kappa shape index (κ2) is 11.9. The lowest BCUT2D eigenvalue weighted by molar-refractivity contribution is 0.189. The summed E-state index contributed by atoms with van der Waals surface area (Å²) in [6.07, 6.45) is 21.6. The Morgan fingerprint density at radius 1 is 0.862 bits per heavy atom. The first-order valence-corrected chi connectivity index (χ1v) is 12.6. The zero-order valence-electron chi connectivity index (χ0n) is 19.0. The van der Waals surface area contributed by atoms with Gasteiger partial charge in [0.1, 0.15) is 5.82 Å². The molecule has 0 N–H and O–H groups in total. The Morgan fingerprint density at radius 2 is 1.69 bits per heavy atom. The highest BCUT2D eigenvalue weighted by Crippen LogP contribution is 2.40. The molecule has 0 aliphatic heterocycles. The summed E-state index contributed by atoms with van der Waals surface area (Å²) in [6.45, 7) is 4.57. The van der Waals surface area contributed by atoms with E-state index in [-0.39, 0.29) is 5.82 Å². The molecule has 0 radical (unpaired) electrons. The van der Waals surface area contributed by atoms with Crippen molar-refractivity contribution in [1.29, 1.82) is 0 Å². The lowest BCUT2D eigenvalue weighted by Gasteiger charge is -2.35. The molecule has 1 atom stereocenters. The number of hydrogen-bond donors (Lipinski definition) is 0. The van der Waals surface area contributed by atoms with E-state index in [0.29, 0.717) is 0 Å². The monoisotopic (exact) mass is 398 g/mol. The smallest absolute Gasteiger partial charge is 0.126 e. The van der Waals surface area contributed by atoms with Crippen LogP contribution in [-0.2, 0) is 12.8 Å². The van der Waals surface area contributed by atoms with E-state index >= 15 is 0 Å². The molecule has 2 aliphatic rings. The fourth-order valence-electron chi connectivity index (χ4n) is 5.63. The van der Waals surface area contributed by atoms with Crippen LogP contribution in [0.15, 0.2) is 29.8 Å². The van der Waals surface area contributed by atoms with Crippen molar-refractivity contribution in [1.82, 2.24) is 0 Å². The van der Waals surface area contributed by atoms with Crippen molar-refractivity contribution in [3.8, 4) is 0 Å². The Kier molecular flexibility index (Phi) is 9.28. The van der Waals surface area contributed by atoms with E-state index in [4.69, 9.17) is 0 Å². The fourth-order valence-corrected chi connectivity index (χ4v) is 5.63. The number of halogens is 1. The van der Waals surface area contributed by atoms with Crippen molar-refractivity contribution in [2.75, 3.05) is 0 Å². The van der Waals surface area contributed by atoms with Gasteiger partial charge in [0.05, 0.1) is 0 Å². The molecule has 0 spiro atoms. The van der Waals surface area contributed by atoms with Crippen LogP contribution < -0.4 is 0 Å². The molecule has 1 aromatic rings. The molecule has 0 aromatic heterocycles. The summed E-state index contributed by atoms with van der Waals surface area (Å²) < 4.78 is 14.4. The highest BCUT2D eigenvalue weighted by molar-refractivity contribution is 5.25. The summed E-state index contributed by atoms with van der Waals surface area (Å²) in [7, 11) is 0. The Hall–Kier alpha value is -1.11. The highest BCUT2D eigenvalue weighted by atomic mass is 19.1. The third-order valence-corrected chi connectivity index (χ3v) is 7.83. The van der Waals surface area contributed by atoms with Crippen molar-refractivity contribution >= 4 is 0 Å². The Balaban J connectivity index is 1.41. The second-order valence-electron chi connectivity index (χ2n) is 9.82. The van der Waals surface area contributed by atoms with Crippen molar-refractivity contribution in [3.63, 3.8) is 0 Å². The molecule has 29 heavy (non-hydrogen) atoms. The summed E-state index contributed by atoms with van der Waals surface area (Å²) >= 11 is 0. The number of hydrogen-bond acceptors (Lipinski definition) is 0. The van der Waals surface area contributed by atoms with E-state index in [9.17, 15) is 4.39 Å². The van der Waals surface area contributed by atoms with E-state index in [0.717, 1.165) is 49.0 Å². The molecule has 1 saturated carbocycles. The molecule has 0 heterocycles. The first-order valence-electron chi connectivity index (χ1n) is 12.6. The van der Waals surface area contributed by atoms with Crippen LogP contribution in [0.3, 0.4) is 0 Å². The van der Waals surface area contributed by atoms with Crippen LogP contribution in [-0.4, -0.2) is 0 Å². The predicted octanol–water partition coefficient (Wildman–Crippen LogP) is 8.82. The molecular formula is C28H43F. The standard InChI is InChI=1S/C28H43F/c1-3-5-6-7-8-27-20-15-24(21-28(27)29)10-9-23-13-18-26(19-14-23)25-16-11-22(4-2)12-17-25/h13,15,20-22,25-26H,3-12,14,16-19H2,1-2H3. The van der Waals surface area contributed by atoms with E-state index in [2.05, 4.69) is 26.0 Å². The Bertz CT molecular complexity index is 636. The lowest BCUT2D eigenvalue weighted by atomic mass is 9.71. The maximum Gasteiger partial charge on any atom is 0.126 e. The number of allylic oxidation sites excluding steroid dienone is 2. The van der Waals surface area contributed by atoms with E-state index in [1.807, 2.05) is 6.07 Å². The molecule has 3 rings (SSSR count). The van der Waals surface area contributed by atoms with Gasteiger partial charge < -0.3 is 0 Å². The second-order valence-corrected chi connectivity index (χ2v) is 9.82. The number of aryl methyl sites for hydroxylation is 2. The van der Waals surface area contributed by atoms with Crippen LogP contribution in [0.2, 0.25) is 0 Å². The van der Waals surface area contributed by atoms with Crippen molar-refractivity contribution in [3.05, 3.63) is 46.8 Å². The minimum atomic E-state index is 0.0133. The number of benzene rings is 1. The minimum Gasteiger partial charge on any atom is -0.207 e. The molecule has 0 amide bonds. The number of unbranched alkanes of at least 4 members (excludes halogenated alkanes) is 3. The summed E-state index contributed by atoms with van der Waals surface area (Å²) in [5, 5.41) is 0. The van der Waals surface area contributed by atoms with Crippen LogP contribution in [0.5, 0.6) is 0 Å². The predicted molar refractivity (Wildman–Crippen MR) is 124 cm³/mol. The van der Waals surface area contributed by atoms with Crippen LogP contribution in [0.4, 0.5) is 4.39 Å². The molecule has 0 bridgehead atoms. The van der Waals surface area contributed by atoms with Gasteiger partial charge in [-0.25, -0.2) is 4.39 Å². The largest absolute Gasteiger partial charge is 0.207 e. The fraction of sp³-hybridized carbons (Fsp3) is 0.714. The van der Waals surface area contributed by atoms with Crippen molar-refractivity contribution in [2.45, 2.75) is 110 Å². The molecular weight excluding hydrogens is 355 g/mol. The molecule has 1 unspecified atom stereocenters. The van der Waals surface area contributed by atoms with E-state index in [1.165, 1.54) is 76.2 Å². The third kappa shape index (κ3) is 6.97. The Labute approximate surface area is 179 Å². The molecule has 0 saturated heterocycles. The van der Waals surface area contributed by atoms with Gasteiger partial charge in [0.25, 0.3) is 0 Å².